The van der Waals surface area contributed by atoms with Crippen LogP contribution < -0.4 is 15.5 Å². The molecule has 0 fully saturated rings. The maximum absolute atomic E-state index is 6.07. The Balaban J connectivity index is 2.75. The summed E-state index contributed by atoms with van der Waals surface area (Å²) in [4.78, 5) is 0. The number of ether oxygens (including phenoxy) is 1. The maximum atomic E-state index is 6.07. The molecule has 1 rings (SSSR count). The van der Waals surface area contributed by atoms with Gasteiger partial charge in [0.2, 0.25) is 0 Å². The fourth-order valence-electron chi connectivity index (χ4n) is 1.30. The number of benzene rings is 1. The molecule has 7 heteroatoms. The van der Waals surface area contributed by atoms with Crippen LogP contribution in [0, 0.1) is 0 Å². The fraction of sp³-hybridized carbons (Fsp3) is 0.333. The summed E-state index contributed by atoms with van der Waals surface area (Å²) in [6.45, 7) is 5.06. The van der Waals surface area contributed by atoms with Gasteiger partial charge in [0.25, 0.3) is 0 Å². The summed E-state index contributed by atoms with van der Waals surface area (Å²) in [6, 6.07) is 3.44. The molecule has 0 saturated carbocycles. The van der Waals surface area contributed by atoms with Crippen LogP contribution in [-0.2, 0) is 0 Å². The Kier molecular flexibility index (Phi) is 6.91. The van der Waals surface area contributed by atoms with E-state index in [4.69, 9.17) is 40.2 Å². The van der Waals surface area contributed by atoms with Crippen molar-refractivity contribution in [2.75, 3.05) is 13.2 Å². The molecule has 2 N–H and O–H groups in total. The lowest BCUT2D eigenvalue weighted by Crippen LogP contribution is -2.31. The molecule has 0 spiro atoms. The first-order valence-corrected chi connectivity index (χ1v) is 6.93. The molecule has 0 radical (unpaired) electrons. The zero-order chi connectivity index (χ0) is 14.3. The van der Waals surface area contributed by atoms with E-state index in [1.165, 1.54) is 0 Å². The number of hydrogen-bond donors (Lipinski definition) is 2. The van der Waals surface area contributed by atoms with Crippen molar-refractivity contribution in [3.8, 4) is 5.75 Å². The minimum absolute atomic E-state index is 0.449. The molecule has 1 aromatic carbocycles. The second-order valence-electron chi connectivity index (χ2n) is 3.48. The van der Waals surface area contributed by atoms with Gasteiger partial charge in [-0.15, -0.1) is 0 Å². The van der Waals surface area contributed by atoms with Crippen molar-refractivity contribution in [2.45, 2.75) is 13.8 Å². The van der Waals surface area contributed by atoms with Gasteiger partial charge in [-0.2, -0.15) is 5.10 Å². The molecule has 0 amide bonds. The molecule has 0 aliphatic heterocycles. The van der Waals surface area contributed by atoms with Gasteiger partial charge in [0, 0.05) is 6.54 Å². The summed E-state index contributed by atoms with van der Waals surface area (Å²) in [6.07, 6.45) is 1.58. The van der Waals surface area contributed by atoms with Gasteiger partial charge in [0.1, 0.15) is 0 Å². The van der Waals surface area contributed by atoms with Crippen molar-refractivity contribution in [1.82, 2.24) is 10.7 Å². The molecule has 1 aromatic rings. The van der Waals surface area contributed by atoms with Gasteiger partial charge in [-0.3, -0.25) is 5.43 Å². The smallest absolute Gasteiger partial charge is 0.186 e. The molecule has 0 unspecified atom stereocenters. The molecule has 19 heavy (non-hydrogen) atoms. The van der Waals surface area contributed by atoms with Crippen molar-refractivity contribution in [2.24, 2.45) is 5.10 Å². The average Bonchev–Trinajstić information content (AvgIpc) is 2.34. The van der Waals surface area contributed by atoms with Gasteiger partial charge in [-0.1, -0.05) is 23.2 Å². The van der Waals surface area contributed by atoms with E-state index in [9.17, 15) is 0 Å². The molecule has 0 heterocycles. The summed E-state index contributed by atoms with van der Waals surface area (Å²) in [7, 11) is 0. The van der Waals surface area contributed by atoms with Crippen LogP contribution in [0.15, 0.2) is 17.2 Å². The standard InChI is InChI=1S/C12H15Cl2N3OS/c1-3-15-12(19)17-16-7-8-5-9(13)11(18-4-2)10(14)6-8/h5-7H,3-4H2,1-2H3,(H2,15,17,19)/b16-7-. The lowest BCUT2D eigenvalue weighted by Gasteiger charge is -2.08. The van der Waals surface area contributed by atoms with Gasteiger partial charge in [0.15, 0.2) is 10.9 Å². The van der Waals surface area contributed by atoms with E-state index < -0.39 is 0 Å². The van der Waals surface area contributed by atoms with Crippen LogP contribution >= 0.6 is 35.4 Å². The predicted molar refractivity (Wildman–Crippen MR) is 84.6 cm³/mol. The number of halogens is 2. The Bertz CT molecular complexity index is 457. The van der Waals surface area contributed by atoms with E-state index in [0.29, 0.717) is 27.5 Å². The Labute approximate surface area is 128 Å². The van der Waals surface area contributed by atoms with Crippen LogP contribution in [-0.4, -0.2) is 24.5 Å². The number of nitrogens with zero attached hydrogens (tertiary/aromatic N) is 1. The quantitative estimate of drug-likeness (QED) is 0.497. The lowest BCUT2D eigenvalue weighted by atomic mass is 10.2. The molecule has 0 bridgehead atoms. The summed E-state index contributed by atoms with van der Waals surface area (Å²) >= 11 is 17.1. The highest BCUT2D eigenvalue weighted by Gasteiger charge is 2.08. The van der Waals surface area contributed by atoms with E-state index in [-0.39, 0.29) is 0 Å². The van der Waals surface area contributed by atoms with Crippen LogP contribution in [0.4, 0.5) is 0 Å². The largest absolute Gasteiger partial charge is 0.491 e. The molecule has 0 saturated heterocycles. The summed E-state index contributed by atoms with van der Waals surface area (Å²) in [5.74, 6) is 0.485. The summed E-state index contributed by atoms with van der Waals surface area (Å²) in [5.41, 5.74) is 3.44. The third kappa shape index (κ3) is 5.22. The van der Waals surface area contributed by atoms with Crippen molar-refractivity contribution < 1.29 is 4.74 Å². The van der Waals surface area contributed by atoms with E-state index in [2.05, 4.69) is 15.8 Å². The van der Waals surface area contributed by atoms with E-state index >= 15 is 0 Å². The first kappa shape index (κ1) is 16.0. The summed E-state index contributed by atoms with van der Waals surface area (Å²) < 4.78 is 5.34. The highest BCUT2D eigenvalue weighted by Crippen LogP contribution is 2.33. The van der Waals surface area contributed by atoms with E-state index in [1.54, 1.807) is 18.3 Å². The van der Waals surface area contributed by atoms with Crippen molar-refractivity contribution in [3.63, 3.8) is 0 Å². The third-order valence-electron chi connectivity index (χ3n) is 2.03. The fourth-order valence-corrected chi connectivity index (χ4v) is 2.11. The first-order chi connectivity index (χ1) is 9.08. The SMILES string of the molecule is CCNC(=S)N/N=C\c1cc(Cl)c(OCC)c(Cl)c1. The van der Waals surface area contributed by atoms with Crippen molar-refractivity contribution >= 4 is 46.7 Å². The predicted octanol–water partition coefficient (Wildman–Crippen LogP) is 3.21. The second kappa shape index (κ2) is 8.19. The first-order valence-electron chi connectivity index (χ1n) is 5.77. The van der Waals surface area contributed by atoms with Crippen molar-refractivity contribution in [3.05, 3.63) is 27.7 Å². The van der Waals surface area contributed by atoms with Gasteiger partial charge in [-0.25, -0.2) is 0 Å². The highest BCUT2D eigenvalue weighted by atomic mass is 35.5. The Hall–Kier alpha value is -1.04. The monoisotopic (exact) mass is 319 g/mol. The average molecular weight is 320 g/mol. The van der Waals surface area contributed by atoms with Crippen LogP contribution in [0.25, 0.3) is 0 Å². The third-order valence-corrected chi connectivity index (χ3v) is 2.82. The molecule has 0 aromatic heterocycles. The molecule has 104 valence electrons. The number of hydrogen-bond acceptors (Lipinski definition) is 3. The second-order valence-corrected chi connectivity index (χ2v) is 4.70. The molecule has 0 aliphatic carbocycles. The molecule has 0 aliphatic rings. The number of thiocarbonyl (C=S) groups is 1. The van der Waals surface area contributed by atoms with Gasteiger partial charge in [-0.05, 0) is 43.8 Å². The Morgan fingerprint density at radius 3 is 2.53 bits per heavy atom. The maximum Gasteiger partial charge on any atom is 0.186 e. The minimum atomic E-state index is 0.449. The lowest BCUT2D eigenvalue weighted by molar-refractivity contribution is 0.340. The molecule has 4 nitrogen and oxygen atoms in total. The van der Waals surface area contributed by atoms with Crippen LogP contribution in [0.1, 0.15) is 19.4 Å². The summed E-state index contributed by atoms with van der Waals surface area (Å²) in [5, 5.41) is 8.25. The van der Waals surface area contributed by atoms with Crippen LogP contribution in [0.3, 0.4) is 0 Å². The van der Waals surface area contributed by atoms with Crippen molar-refractivity contribution in [1.29, 1.82) is 0 Å². The molecule has 0 atom stereocenters. The Morgan fingerprint density at radius 2 is 2.00 bits per heavy atom. The van der Waals surface area contributed by atoms with Gasteiger partial charge >= 0.3 is 0 Å². The number of nitrogens with one attached hydrogen (secondary N) is 2. The zero-order valence-corrected chi connectivity index (χ0v) is 13.0. The number of hydrazone groups is 1. The minimum Gasteiger partial charge on any atom is -0.491 e. The Morgan fingerprint density at radius 1 is 1.37 bits per heavy atom. The van der Waals surface area contributed by atoms with E-state index in [1.807, 2.05) is 13.8 Å². The van der Waals surface area contributed by atoms with Gasteiger partial charge in [0.05, 0.1) is 22.9 Å². The normalized spacial score (nSPS) is 10.5. The highest BCUT2D eigenvalue weighted by molar-refractivity contribution is 7.80. The van der Waals surface area contributed by atoms with Gasteiger partial charge < -0.3 is 10.1 Å². The van der Waals surface area contributed by atoms with E-state index in [0.717, 1.165) is 12.1 Å². The zero-order valence-electron chi connectivity index (χ0n) is 10.7. The molecular weight excluding hydrogens is 305 g/mol. The number of rotatable bonds is 5. The van der Waals surface area contributed by atoms with Crippen LogP contribution in [0.5, 0.6) is 5.75 Å². The van der Waals surface area contributed by atoms with Crippen LogP contribution in [0.2, 0.25) is 10.0 Å². The topological polar surface area (TPSA) is 45.7 Å². The molecular formula is C12H15Cl2N3OS.